The summed E-state index contributed by atoms with van der Waals surface area (Å²) in [5.74, 6) is -0.299. The average molecular weight is 529 g/mol. The summed E-state index contributed by atoms with van der Waals surface area (Å²) in [6.45, 7) is 10.7. The number of hydrogen-bond acceptors (Lipinski definition) is 4. The highest BCUT2D eigenvalue weighted by Gasteiger charge is 2.27. The van der Waals surface area contributed by atoms with Crippen molar-refractivity contribution in [3.63, 3.8) is 0 Å². The van der Waals surface area contributed by atoms with Crippen LogP contribution in [0.1, 0.15) is 37.6 Å². The second-order valence-electron chi connectivity index (χ2n) is 9.88. The quantitative estimate of drug-likeness (QED) is 0.241. The first-order valence-electron chi connectivity index (χ1n) is 11.7. The summed E-state index contributed by atoms with van der Waals surface area (Å²) in [4.78, 5) is 4.80. The van der Waals surface area contributed by atoms with Gasteiger partial charge >= 0.3 is 6.18 Å². The van der Waals surface area contributed by atoms with Crippen molar-refractivity contribution in [1.29, 1.82) is 0 Å². The number of aromatic nitrogens is 3. The molecule has 4 aromatic rings. The molecule has 0 fully saturated rings. The maximum Gasteiger partial charge on any atom is 0.393 e. The van der Waals surface area contributed by atoms with Gasteiger partial charge in [0.1, 0.15) is 10.8 Å². The van der Waals surface area contributed by atoms with E-state index < -0.39 is 12.6 Å². The highest BCUT2D eigenvalue weighted by atomic mass is 32.1. The molecule has 9 heteroatoms. The monoisotopic (exact) mass is 528 g/mol. The van der Waals surface area contributed by atoms with Crippen LogP contribution in [-0.4, -0.2) is 20.9 Å². The molecule has 0 unspecified atom stereocenters. The first kappa shape index (κ1) is 26.6. The summed E-state index contributed by atoms with van der Waals surface area (Å²) in [7, 11) is 0. The SMILES string of the molecule is C=C(Cc1csc(-c2cnn(C(C)(C)C)c2-c2ccc(F)cc2)n1)NCc1ccc(CC(F)(F)F)cc1. The van der Waals surface area contributed by atoms with E-state index in [0.29, 0.717) is 13.0 Å². The zero-order valence-electron chi connectivity index (χ0n) is 20.9. The van der Waals surface area contributed by atoms with Crippen molar-refractivity contribution in [3.8, 4) is 21.8 Å². The molecule has 0 amide bonds. The third-order valence-corrected chi connectivity index (χ3v) is 6.59. The van der Waals surface area contributed by atoms with Crippen LogP contribution in [0.2, 0.25) is 0 Å². The van der Waals surface area contributed by atoms with E-state index >= 15 is 0 Å². The van der Waals surface area contributed by atoms with Crippen LogP contribution in [-0.2, 0) is 24.9 Å². The Morgan fingerprint density at radius 1 is 1.00 bits per heavy atom. The first-order valence-corrected chi connectivity index (χ1v) is 12.6. The summed E-state index contributed by atoms with van der Waals surface area (Å²) in [5, 5.41) is 10.6. The third-order valence-electron chi connectivity index (χ3n) is 5.67. The van der Waals surface area contributed by atoms with Gasteiger partial charge in [-0.1, -0.05) is 30.8 Å². The predicted octanol–water partition coefficient (Wildman–Crippen LogP) is 7.52. The molecule has 1 N–H and O–H groups in total. The van der Waals surface area contributed by atoms with Crippen LogP contribution in [0.5, 0.6) is 0 Å². The van der Waals surface area contributed by atoms with Crippen LogP contribution in [0.15, 0.2) is 72.4 Å². The second-order valence-corrected chi connectivity index (χ2v) is 10.7. The minimum Gasteiger partial charge on any atom is -0.384 e. The van der Waals surface area contributed by atoms with Crippen molar-refractivity contribution in [3.05, 3.63) is 95.0 Å². The molecular weight excluding hydrogens is 500 g/mol. The summed E-state index contributed by atoms with van der Waals surface area (Å²) in [5.41, 5.74) is 5.00. The fraction of sp³-hybridized carbons (Fsp3) is 0.286. The van der Waals surface area contributed by atoms with Crippen molar-refractivity contribution in [2.75, 3.05) is 0 Å². The highest BCUT2D eigenvalue weighted by molar-refractivity contribution is 7.13. The number of nitrogens with zero attached hydrogens (tertiary/aromatic N) is 3. The Bertz CT molecular complexity index is 1360. The predicted molar refractivity (Wildman–Crippen MR) is 140 cm³/mol. The molecule has 2 aromatic heterocycles. The van der Waals surface area contributed by atoms with Crippen LogP contribution in [0.3, 0.4) is 0 Å². The zero-order valence-corrected chi connectivity index (χ0v) is 21.7. The van der Waals surface area contributed by atoms with Crippen LogP contribution in [0.25, 0.3) is 21.8 Å². The van der Waals surface area contributed by atoms with E-state index in [2.05, 4.69) is 37.8 Å². The van der Waals surface area contributed by atoms with Crippen molar-refractivity contribution < 1.29 is 17.6 Å². The van der Waals surface area contributed by atoms with Crippen molar-refractivity contribution in [2.45, 2.75) is 51.9 Å². The third kappa shape index (κ3) is 6.85. The number of benzene rings is 2. The Kier molecular flexibility index (Phi) is 7.54. The lowest BCUT2D eigenvalue weighted by molar-refractivity contribution is -0.127. The lowest BCUT2D eigenvalue weighted by Gasteiger charge is -2.23. The van der Waals surface area contributed by atoms with Gasteiger partial charge in [-0.2, -0.15) is 18.3 Å². The molecule has 0 atom stereocenters. The molecule has 0 aliphatic heterocycles. The number of allylic oxidation sites excluding steroid dienone is 1. The number of thiazole rings is 1. The van der Waals surface area contributed by atoms with E-state index in [1.807, 2.05) is 10.1 Å². The number of hydrogen-bond donors (Lipinski definition) is 1. The Labute approximate surface area is 217 Å². The molecule has 0 saturated heterocycles. The fourth-order valence-corrected chi connectivity index (χ4v) is 4.76. The Hall–Kier alpha value is -3.46. The summed E-state index contributed by atoms with van der Waals surface area (Å²) >= 11 is 1.50. The normalized spacial score (nSPS) is 12.1. The fourth-order valence-electron chi connectivity index (χ4n) is 3.93. The summed E-state index contributed by atoms with van der Waals surface area (Å²) in [6.07, 6.45) is -2.85. The molecule has 0 bridgehead atoms. The van der Waals surface area contributed by atoms with E-state index in [9.17, 15) is 17.6 Å². The number of halogens is 4. The smallest absolute Gasteiger partial charge is 0.384 e. The molecule has 0 spiro atoms. The minimum absolute atomic E-state index is 0.236. The van der Waals surface area contributed by atoms with Crippen LogP contribution >= 0.6 is 11.3 Å². The molecule has 4 rings (SSSR count). The summed E-state index contributed by atoms with van der Waals surface area (Å²) < 4.78 is 53.1. The molecule has 37 heavy (non-hydrogen) atoms. The molecule has 0 aliphatic carbocycles. The van der Waals surface area contributed by atoms with Crippen molar-refractivity contribution in [1.82, 2.24) is 20.1 Å². The van der Waals surface area contributed by atoms with Crippen molar-refractivity contribution >= 4 is 11.3 Å². The minimum atomic E-state index is -4.22. The largest absolute Gasteiger partial charge is 0.393 e. The van der Waals surface area contributed by atoms with E-state index in [4.69, 9.17) is 4.98 Å². The Morgan fingerprint density at radius 2 is 1.65 bits per heavy atom. The van der Waals surface area contributed by atoms with E-state index in [1.165, 1.54) is 35.6 Å². The molecule has 0 aliphatic rings. The Morgan fingerprint density at radius 3 is 2.27 bits per heavy atom. The lowest BCUT2D eigenvalue weighted by Crippen LogP contribution is -2.24. The van der Waals surface area contributed by atoms with Gasteiger partial charge < -0.3 is 5.32 Å². The summed E-state index contributed by atoms with van der Waals surface area (Å²) in [6, 6.07) is 12.7. The molecule has 2 heterocycles. The average Bonchev–Trinajstić information content (AvgIpc) is 3.45. The topological polar surface area (TPSA) is 42.7 Å². The maximum absolute atomic E-state index is 13.6. The van der Waals surface area contributed by atoms with Gasteiger partial charge in [0.25, 0.3) is 0 Å². The second kappa shape index (κ2) is 10.5. The first-order chi connectivity index (χ1) is 17.4. The molecule has 0 saturated carbocycles. The lowest BCUT2D eigenvalue weighted by atomic mass is 10.0. The molecule has 0 radical (unpaired) electrons. The van der Waals surface area contributed by atoms with Gasteiger partial charge in [0.2, 0.25) is 0 Å². The van der Waals surface area contributed by atoms with Gasteiger partial charge in [-0.25, -0.2) is 9.37 Å². The van der Waals surface area contributed by atoms with E-state index in [-0.39, 0.29) is 16.9 Å². The van der Waals surface area contributed by atoms with Gasteiger partial charge in [0.05, 0.1) is 35.1 Å². The maximum atomic E-state index is 13.6. The van der Waals surface area contributed by atoms with E-state index in [0.717, 1.165) is 38.8 Å². The van der Waals surface area contributed by atoms with Crippen LogP contribution < -0.4 is 5.32 Å². The molecule has 4 nitrogen and oxygen atoms in total. The van der Waals surface area contributed by atoms with Gasteiger partial charge in [0, 0.05) is 29.6 Å². The van der Waals surface area contributed by atoms with Gasteiger partial charge in [0.15, 0.2) is 0 Å². The van der Waals surface area contributed by atoms with Crippen LogP contribution in [0.4, 0.5) is 17.6 Å². The molecule has 2 aromatic carbocycles. The molecule has 194 valence electrons. The number of alkyl halides is 3. The Balaban J connectivity index is 1.45. The van der Waals surface area contributed by atoms with Gasteiger partial charge in [-0.15, -0.1) is 11.3 Å². The highest BCUT2D eigenvalue weighted by Crippen LogP contribution is 2.37. The van der Waals surface area contributed by atoms with E-state index in [1.54, 1.807) is 30.5 Å². The number of rotatable bonds is 8. The zero-order chi connectivity index (χ0) is 26.8. The van der Waals surface area contributed by atoms with Crippen molar-refractivity contribution in [2.24, 2.45) is 0 Å². The van der Waals surface area contributed by atoms with Gasteiger partial charge in [-0.05, 0) is 56.2 Å². The van der Waals surface area contributed by atoms with Crippen LogP contribution in [0, 0.1) is 5.82 Å². The standard InChI is InChI=1S/C28H28F4N4S/c1-18(33-15-20-7-5-19(6-8-20)14-28(30,31)32)13-23-17-37-26(35-23)24-16-34-36(27(2,3)4)25(24)21-9-11-22(29)12-10-21/h5-12,16-17,33H,1,13-15H2,2-4H3. The number of nitrogens with one attached hydrogen (secondary N) is 1. The van der Waals surface area contributed by atoms with Gasteiger partial charge in [-0.3, -0.25) is 4.68 Å². The molecular formula is C28H28F4N4S.